The number of nitrogens with zero attached hydrogens (tertiary/aromatic N) is 1. The number of esters is 1. The van der Waals surface area contributed by atoms with Crippen molar-refractivity contribution in [2.75, 3.05) is 13.7 Å². The van der Waals surface area contributed by atoms with Gasteiger partial charge in [-0.3, -0.25) is 14.9 Å². The van der Waals surface area contributed by atoms with Gasteiger partial charge in [0.25, 0.3) is 11.6 Å². The molecule has 20 heavy (non-hydrogen) atoms. The summed E-state index contributed by atoms with van der Waals surface area (Å²) >= 11 is 3.00. The van der Waals surface area contributed by atoms with Crippen molar-refractivity contribution in [3.05, 3.63) is 38.3 Å². The van der Waals surface area contributed by atoms with E-state index in [9.17, 15) is 24.8 Å². The van der Waals surface area contributed by atoms with Gasteiger partial charge in [-0.2, -0.15) is 0 Å². The van der Waals surface area contributed by atoms with E-state index in [1.165, 1.54) is 12.1 Å². The quantitative estimate of drug-likeness (QED) is 0.458. The molecule has 0 saturated heterocycles. The molecule has 0 aliphatic carbocycles. The van der Waals surface area contributed by atoms with Crippen LogP contribution in [0.2, 0.25) is 0 Å². The average molecular weight is 347 g/mol. The molecule has 1 atom stereocenters. The van der Waals surface area contributed by atoms with Gasteiger partial charge in [-0.05, 0) is 28.1 Å². The van der Waals surface area contributed by atoms with E-state index in [-0.39, 0.29) is 22.3 Å². The second-order valence-corrected chi connectivity index (χ2v) is 4.53. The second kappa shape index (κ2) is 6.96. The SMILES string of the molecule is COC(=O)C(O)CNC(=O)c1ccc(Br)c([N+](=O)[O-])c1. The van der Waals surface area contributed by atoms with Crippen LogP contribution in [0.15, 0.2) is 22.7 Å². The first kappa shape index (κ1) is 16.1. The minimum absolute atomic E-state index is 0.0389. The normalized spacial score (nSPS) is 11.6. The van der Waals surface area contributed by atoms with Crippen LogP contribution in [-0.4, -0.2) is 41.7 Å². The van der Waals surface area contributed by atoms with Gasteiger partial charge in [-0.25, -0.2) is 4.79 Å². The van der Waals surface area contributed by atoms with Crippen molar-refractivity contribution in [3.63, 3.8) is 0 Å². The zero-order valence-electron chi connectivity index (χ0n) is 10.3. The Kier molecular flexibility index (Phi) is 5.59. The van der Waals surface area contributed by atoms with Crippen molar-refractivity contribution in [1.29, 1.82) is 0 Å². The van der Waals surface area contributed by atoms with Crippen molar-refractivity contribution in [2.24, 2.45) is 0 Å². The van der Waals surface area contributed by atoms with Crippen molar-refractivity contribution >= 4 is 33.5 Å². The molecule has 0 bridgehead atoms. The van der Waals surface area contributed by atoms with Crippen molar-refractivity contribution in [1.82, 2.24) is 5.32 Å². The number of nitrogens with one attached hydrogen (secondary N) is 1. The zero-order chi connectivity index (χ0) is 15.3. The van der Waals surface area contributed by atoms with Crippen LogP contribution in [0.4, 0.5) is 5.69 Å². The first-order valence-electron chi connectivity index (χ1n) is 5.35. The third-order valence-electron chi connectivity index (χ3n) is 2.33. The van der Waals surface area contributed by atoms with Gasteiger partial charge in [0.1, 0.15) is 0 Å². The van der Waals surface area contributed by atoms with Crippen molar-refractivity contribution in [3.8, 4) is 0 Å². The lowest BCUT2D eigenvalue weighted by molar-refractivity contribution is -0.385. The number of carbonyl (C=O) groups excluding carboxylic acids is 2. The molecule has 0 fully saturated rings. The van der Waals surface area contributed by atoms with E-state index in [0.717, 1.165) is 13.2 Å². The Labute approximate surface area is 122 Å². The summed E-state index contributed by atoms with van der Waals surface area (Å²) in [4.78, 5) is 32.8. The number of halogens is 1. The van der Waals surface area contributed by atoms with Gasteiger partial charge in [0.2, 0.25) is 0 Å². The second-order valence-electron chi connectivity index (χ2n) is 3.67. The monoisotopic (exact) mass is 346 g/mol. The summed E-state index contributed by atoms with van der Waals surface area (Å²) in [6.45, 7) is -0.352. The van der Waals surface area contributed by atoms with E-state index in [1.54, 1.807) is 0 Å². The molecule has 2 N–H and O–H groups in total. The van der Waals surface area contributed by atoms with E-state index >= 15 is 0 Å². The highest BCUT2D eigenvalue weighted by Gasteiger charge is 2.19. The minimum atomic E-state index is -1.49. The molecule has 108 valence electrons. The summed E-state index contributed by atoms with van der Waals surface area (Å²) in [5, 5.41) is 22.3. The average Bonchev–Trinajstić information content (AvgIpc) is 2.43. The number of aliphatic hydroxyl groups is 1. The third kappa shape index (κ3) is 4.00. The van der Waals surface area contributed by atoms with Crippen molar-refractivity contribution < 1.29 is 24.4 Å². The smallest absolute Gasteiger partial charge is 0.336 e. The van der Waals surface area contributed by atoms with Gasteiger partial charge in [0.15, 0.2) is 6.10 Å². The number of hydrogen-bond acceptors (Lipinski definition) is 6. The molecule has 0 radical (unpaired) electrons. The standard InChI is InChI=1S/C11H11BrN2O6/c1-20-11(17)9(15)5-13-10(16)6-2-3-7(12)8(4-6)14(18)19/h2-4,9,15H,5H2,1H3,(H,13,16). The van der Waals surface area contributed by atoms with Crippen LogP contribution >= 0.6 is 15.9 Å². The Hall–Kier alpha value is -2.00. The molecule has 1 aromatic rings. The summed E-state index contributed by atoms with van der Waals surface area (Å²) in [7, 11) is 1.10. The predicted molar refractivity (Wildman–Crippen MR) is 71.2 cm³/mol. The Balaban J connectivity index is 2.76. The van der Waals surface area contributed by atoms with Crippen LogP contribution in [0.1, 0.15) is 10.4 Å². The van der Waals surface area contributed by atoms with Crippen LogP contribution < -0.4 is 5.32 Å². The number of nitro benzene ring substituents is 1. The lowest BCUT2D eigenvalue weighted by Crippen LogP contribution is -2.37. The lowest BCUT2D eigenvalue weighted by atomic mass is 10.2. The first-order valence-corrected chi connectivity index (χ1v) is 6.14. The fraction of sp³-hybridized carbons (Fsp3) is 0.273. The highest BCUT2D eigenvalue weighted by molar-refractivity contribution is 9.10. The van der Waals surface area contributed by atoms with Gasteiger partial charge >= 0.3 is 5.97 Å². The van der Waals surface area contributed by atoms with Crippen LogP contribution in [0.5, 0.6) is 0 Å². The molecule has 0 saturated carbocycles. The van der Waals surface area contributed by atoms with E-state index in [4.69, 9.17) is 0 Å². The predicted octanol–water partition coefficient (Wildman–Crippen LogP) is 0.621. The fourth-order valence-corrected chi connectivity index (χ4v) is 1.70. The first-order chi connectivity index (χ1) is 9.36. The Morgan fingerprint density at radius 1 is 1.55 bits per heavy atom. The maximum Gasteiger partial charge on any atom is 0.336 e. The zero-order valence-corrected chi connectivity index (χ0v) is 11.9. The summed E-state index contributed by atoms with van der Waals surface area (Å²) in [5.74, 6) is -1.53. The number of carbonyl (C=O) groups is 2. The largest absolute Gasteiger partial charge is 0.467 e. The lowest BCUT2D eigenvalue weighted by Gasteiger charge is -2.09. The topological polar surface area (TPSA) is 119 Å². The molecule has 8 nitrogen and oxygen atoms in total. The summed E-state index contributed by atoms with van der Waals surface area (Å²) in [5.41, 5.74) is -0.219. The number of methoxy groups -OCH3 is 1. The number of hydrogen-bond donors (Lipinski definition) is 2. The maximum absolute atomic E-state index is 11.7. The molecule has 1 amide bonds. The summed E-state index contributed by atoms with van der Waals surface area (Å²) in [6, 6.07) is 3.82. The van der Waals surface area contributed by atoms with Crippen LogP contribution in [-0.2, 0) is 9.53 Å². The number of ether oxygens (including phenoxy) is 1. The molecule has 0 heterocycles. The minimum Gasteiger partial charge on any atom is -0.467 e. The molecule has 0 aromatic heterocycles. The van der Waals surface area contributed by atoms with Gasteiger partial charge in [-0.15, -0.1) is 0 Å². The molecule has 1 aromatic carbocycles. The Morgan fingerprint density at radius 2 is 2.20 bits per heavy atom. The number of amides is 1. The van der Waals surface area contributed by atoms with Gasteiger partial charge in [0, 0.05) is 11.6 Å². The molecular weight excluding hydrogens is 336 g/mol. The number of aliphatic hydroxyl groups excluding tert-OH is 1. The third-order valence-corrected chi connectivity index (χ3v) is 3.00. The highest BCUT2D eigenvalue weighted by Crippen LogP contribution is 2.25. The number of rotatable bonds is 5. The maximum atomic E-state index is 11.7. The van der Waals surface area contributed by atoms with E-state index < -0.39 is 22.9 Å². The van der Waals surface area contributed by atoms with E-state index in [0.29, 0.717) is 0 Å². The summed E-state index contributed by atoms with van der Waals surface area (Å²) < 4.78 is 4.52. The fourth-order valence-electron chi connectivity index (χ4n) is 1.30. The molecule has 0 aliphatic heterocycles. The highest BCUT2D eigenvalue weighted by atomic mass is 79.9. The number of benzene rings is 1. The molecule has 1 rings (SSSR count). The molecule has 9 heteroatoms. The molecule has 0 aliphatic rings. The van der Waals surface area contributed by atoms with Crippen LogP contribution in [0.25, 0.3) is 0 Å². The van der Waals surface area contributed by atoms with Crippen LogP contribution in [0.3, 0.4) is 0 Å². The Bertz CT molecular complexity index is 548. The molecule has 0 spiro atoms. The van der Waals surface area contributed by atoms with Crippen LogP contribution in [0, 0.1) is 10.1 Å². The van der Waals surface area contributed by atoms with Crippen molar-refractivity contribution in [2.45, 2.75) is 6.10 Å². The van der Waals surface area contributed by atoms with Gasteiger partial charge in [-0.1, -0.05) is 0 Å². The van der Waals surface area contributed by atoms with E-state index in [1.807, 2.05) is 0 Å². The van der Waals surface area contributed by atoms with Gasteiger partial charge in [0.05, 0.1) is 23.1 Å². The van der Waals surface area contributed by atoms with Gasteiger partial charge < -0.3 is 15.2 Å². The summed E-state index contributed by atoms with van der Waals surface area (Å²) in [6.07, 6.45) is -1.49. The number of nitro groups is 1. The Morgan fingerprint density at radius 3 is 2.75 bits per heavy atom. The molecule has 1 unspecified atom stereocenters. The van der Waals surface area contributed by atoms with E-state index in [2.05, 4.69) is 26.0 Å². The molecular formula is C11H11BrN2O6.